The van der Waals surface area contributed by atoms with Crippen molar-refractivity contribution in [2.45, 2.75) is 38.2 Å². The molecule has 0 fully saturated rings. The number of carboxylic acids is 1. The van der Waals surface area contributed by atoms with Crippen molar-refractivity contribution >= 4 is 5.97 Å². The highest BCUT2D eigenvalue weighted by Crippen LogP contribution is 2.38. The Morgan fingerprint density at radius 2 is 1.97 bits per heavy atom. The fourth-order valence-electron chi connectivity index (χ4n) is 3.97. The summed E-state index contributed by atoms with van der Waals surface area (Å²) in [7, 11) is 0. The summed E-state index contributed by atoms with van der Waals surface area (Å²) >= 11 is 0. The summed E-state index contributed by atoms with van der Waals surface area (Å²) in [4.78, 5) is 11.2. The van der Waals surface area contributed by atoms with Crippen LogP contribution in [0.15, 0.2) is 66.7 Å². The Morgan fingerprint density at radius 3 is 2.70 bits per heavy atom. The molecule has 1 N–H and O–H groups in total. The Hall–Kier alpha value is -4.22. The zero-order valence-corrected chi connectivity index (χ0v) is 18.2. The molecule has 5 heteroatoms. The lowest BCUT2D eigenvalue weighted by molar-refractivity contribution is -0.137. The summed E-state index contributed by atoms with van der Waals surface area (Å²) < 4.78 is 12.2. The van der Waals surface area contributed by atoms with Crippen LogP contribution in [0.25, 0.3) is 0 Å². The molecule has 0 saturated carbocycles. The van der Waals surface area contributed by atoms with Gasteiger partial charge in [0, 0.05) is 0 Å². The molecule has 3 aromatic rings. The number of ether oxygens (including phenoxy) is 2. The maximum Gasteiger partial charge on any atom is 0.304 e. The highest BCUT2D eigenvalue weighted by Gasteiger charge is 2.23. The Labute approximate surface area is 193 Å². The summed E-state index contributed by atoms with van der Waals surface area (Å²) in [5.74, 6) is 6.84. The highest BCUT2D eigenvalue weighted by atomic mass is 16.5. The molecule has 33 heavy (non-hydrogen) atoms. The van der Waals surface area contributed by atoms with Crippen molar-refractivity contribution in [3.63, 3.8) is 0 Å². The van der Waals surface area contributed by atoms with E-state index in [-0.39, 0.29) is 18.4 Å². The number of nitrogens with zero attached hydrogens (tertiary/aromatic N) is 1. The van der Waals surface area contributed by atoms with Crippen molar-refractivity contribution in [1.82, 2.24) is 0 Å². The van der Waals surface area contributed by atoms with Gasteiger partial charge in [-0.25, -0.2) is 0 Å². The molecule has 0 bridgehead atoms. The average molecular weight is 437 g/mol. The fourth-order valence-corrected chi connectivity index (χ4v) is 3.97. The molecular weight excluding hydrogens is 414 g/mol. The number of rotatable bonds is 6. The van der Waals surface area contributed by atoms with Gasteiger partial charge in [0.15, 0.2) is 0 Å². The predicted molar refractivity (Wildman–Crippen MR) is 124 cm³/mol. The van der Waals surface area contributed by atoms with Crippen molar-refractivity contribution in [3.8, 4) is 35.2 Å². The van der Waals surface area contributed by atoms with Gasteiger partial charge in [-0.05, 0) is 78.9 Å². The van der Waals surface area contributed by atoms with E-state index in [1.807, 2.05) is 42.5 Å². The number of hydrogen-bond donors (Lipinski definition) is 1. The maximum atomic E-state index is 11.2. The van der Waals surface area contributed by atoms with Crippen LogP contribution in [0, 0.1) is 23.2 Å². The largest absolute Gasteiger partial charge is 0.485 e. The molecule has 3 aromatic carbocycles. The number of fused-ring (bicyclic) bond motifs is 1. The molecule has 2 atom stereocenters. The first-order valence-electron chi connectivity index (χ1n) is 10.8. The smallest absolute Gasteiger partial charge is 0.304 e. The third kappa shape index (κ3) is 5.34. The minimum atomic E-state index is -0.861. The number of benzene rings is 3. The van der Waals surface area contributed by atoms with Gasteiger partial charge in [0.05, 0.1) is 24.0 Å². The van der Waals surface area contributed by atoms with Crippen LogP contribution in [0.2, 0.25) is 0 Å². The minimum Gasteiger partial charge on any atom is -0.485 e. The Balaban J connectivity index is 1.49. The molecule has 0 spiro atoms. The molecule has 1 aliphatic heterocycles. The Morgan fingerprint density at radius 1 is 1.15 bits per heavy atom. The van der Waals surface area contributed by atoms with Crippen LogP contribution in [0.4, 0.5) is 0 Å². The van der Waals surface area contributed by atoms with Crippen molar-refractivity contribution in [2.75, 3.05) is 0 Å². The van der Waals surface area contributed by atoms with Gasteiger partial charge in [0.25, 0.3) is 0 Å². The van der Waals surface area contributed by atoms with Crippen LogP contribution >= 0.6 is 0 Å². The molecule has 0 saturated heterocycles. The summed E-state index contributed by atoms with van der Waals surface area (Å²) in [5, 5.41) is 18.1. The first-order valence-corrected chi connectivity index (χ1v) is 10.8. The lowest BCUT2D eigenvalue weighted by Gasteiger charge is -2.27. The third-order valence-corrected chi connectivity index (χ3v) is 5.58. The average Bonchev–Trinajstić information content (AvgIpc) is 2.83. The normalized spacial score (nSPS) is 15.1. The molecule has 1 heterocycles. The summed E-state index contributed by atoms with van der Waals surface area (Å²) in [5.41, 5.74) is 3.59. The van der Waals surface area contributed by atoms with Gasteiger partial charge >= 0.3 is 5.97 Å². The van der Waals surface area contributed by atoms with Crippen LogP contribution in [0.1, 0.15) is 54.0 Å². The molecule has 0 radical (unpaired) electrons. The number of carboxylic acid groups (broad SMARTS) is 1. The second-order valence-corrected chi connectivity index (χ2v) is 7.87. The predicted octanol–water partition coefficient (Wildman–Crippen LogP) is 6.00. The van der Waals surface area contributed by atoms with Crippen molar-refractivity contribution < 1.29 is 19.4 Å². The van der Waals surface area contributed by atoms with Gasteiger partial charge in [0.1, 0.15) is 23.4 Å². The van der Waals surface area contributed by atoms with Crippen LogP contribution in [0.5, 0.6) is 17.2 Å². The fraction of sp³-hybridized carbons (Fsp3) is 0.214. The van der Waals surface area contributed by atoms with E-state index in [0.717, 1.165) is 35.3 Å². The number of aryl methyl sites for hydroxylation is 1. The minimum absolute atomic E-state index is 0.0187. The molecule has 0 amide bonds. The summed E-state index contributed by atoms with van der Waals surface area (Å²) in [6, 6.07) is 22.8. The maximum absolute atomic E-state index is 11.2. The monoisotopic (exact) mass is 437 g/mol. The van der Waals surface area contributed by atoms with Crippen molar-refractivity contribution in [3.05, 3.63) is 89.0 Å². The molecule has 0 aliphatic carbocycles. The van der Waals surface area contributed by atoms with Gasteiger partial charge in [-0.15, -0.1) is 5.92 Å². The quantitative estimate of drug-likeness (QED) is 0.479. The van der Waals surface area contributed by atoms with E-state index >= 15 is 0 Å². The van der Waals surface area contributed by atoms with Gasteiger partial charge < -0.3 is 14.6 Å². The zero-order chi connectivity index (χ0) is 23.2. The second-order valence-electron chi connectivity index (χ2n) is 7.87. The SMILES string of the molecule is CC#CC(CC(=O)O)c1ccc2c(c1)CCC(c1cccc(Oc3ccc(C#N)cc3)c1)O2. The van der Waals surface area contributed by atoms with Gasteiger partial charge in [0.2, 0.25) is 0 Å². The molecule has 164 valence electrons. The highest BCUT2D eigenvalue weighted by molar-refractivity contribution is 5.69. The third-order valence-electron chi connectivity index (χ3n) is 5.58. The van der Waals surface area contributed by atoms with E-state index in [4.69, 9.17) is 14.7 Å². The molecular formula is C28H23NO4. The van der Waals surface area contributed by atoms with E-state index in [9.17, 15) is 9.90 Å². The van der Waals surface area contributed by atoms with Crippen LogP contribution in [-0.4, -0.2) is 11.1 Å². The van der Waals surface area contributed by atoms with E-state index in [1.54, 1.807) is 31.2 Å². The van der Waals surface area contributed by atoms with Crippen LogP contribution in [-0.2, 0) is 11.2 Å². The van der Waals surface area contributed by atoms with E-state index < -0.39 is 5.97 Å². The van der Waals surface area contributed by atoms with Gasteiger partial charge in [-0.2, -0.15) is 5.26 Å². The number of aliphatic carboxylic acids is 1. The molecule has 5 nitrogen and oxygen atoms in total. The van der Waals surface area contributed by atoms with Gasteiger partial charge in [-0.3, -0.25) is 4.79 Å². The Bertz CT molecular complexity index is 1260. The Kier molecular flexibility index (Phi) is 6.62. The van der Waals surface area contributed by atoms with Crippen molar-refractivity contribution in [1.29, 1.82) is 5.26 Å². The lowest BCUT2D eigenvalue weighted by atomic mass is 9.91. The van der Waals surface area contributed by atoms with Crippen LogP contribution < -0.4 is 9.47 Å². The zero-order valence-electron chi connectivity index (χ0n) is 18.2. The molecule has 0 aromatic heterocycles. The second kappa shape index (κ2) is 9.94. The number of carbonyl (C=O) groups is 1. The first kappa shape index (κ1) is 22.0. The topological polar surface area (TPSA) is 79.5 Å². The van der Waals surface area contributed by atoms with E-state index in [2.05, 4.69) is 17.9 Å². The number of nitriles is 1. The summed E-state index contributed by atoms with van der Waals surface area (Å²) in [6.45, 7) is 1.72. The summed E-state index contributed by atoms with van der Waals surface area (Å²) in [6.07, 6.45) is 1.51. The molecule has 2 unspecified atom stereocenters. The lowest BCUT2D eigenvalue weighted by Crippen LogP contribution is -2.16. The van der Waals surface area contributed by atoms with E-state index in [0.29, 0.717) is 17.1 Å². The van der Waals surface area contributed by atoms with Crippen molar-refractivity contribution in [2.24, 2.45) is 0 Å². The van der Waals surface area contributed by atoms with Gasteiger partial charge in [-0.1, -0.05) is 30.2 Å². The molecule has 1 aliphatic rings. The van der Waals surface area contributed by atoms with Crippen LogP contribution in [0.3, 0.4) is 0 Å². The van der Waals surface area contributed by atoms with E-state index in [1.165, 1.54) is 0 Å². The molecule has 4 rings (SSSR count). The number of hydrogen-bond acceptors (Lipinski definition) is 4. The first-order chi connectivity index (χ1) is 16.1. The standard InChI is InChI=1S/C28H23NO4/c1-2-4-20(17-28(30)31)21-9-13-27-23(15-21)10-14-26(33-27)22-5-3-6-25(16-22)32-24-11-7-19(18-29)8-12-24/h3,5-9,11-13,15-16,20,26H,10,14,17H2,1H3,(H,30,31).